The molecule has 2 amide bonds. The summed E-state index contributed by atoms with van der Waals surface area (Å²) in [5.74, 6) is -0.0723. The Bertz CT molecular complexity index is 516. The summed E-state index contributed by atoms with van der Waals surface area (Å²) in [6.07, 6.45) is 1.21. The number of benzene rings is 1. The standard InChI is InChI=1S/C16H21ClN2O3/c17-14-3-1-2-13(12-14)6-7-18-15(20)4-5-16(21)19-8-10-22-11-9-19/h1-3,12H,4-11H2,(H,18,20). The van der Waals surface area contributed by atoms with Gasteiger partial charge in [-0.2, -0.15) is 0 Å². The average Bonchev–Trinajstić information content (AvgIpc) is 2.53. The van der Waals surface area contributed by atoms with Crippen molar-refractivity contribution in [2.24, 2.45) is 0 Å². The Labute approximate surface area is 135 Å². The lowest BCUT2D eigenvalue weighted by molar-refractivity contribution is -0.137. The van der Waals surface area contributed by atoms with Crippen LogP contribution in [-0.4, -0.2) is 49.6 Å². The third-order valence-corrected chi connectivity index (χ3v) is 3.79. The third kappa shape index (κ3) is 5.66. The van der Waals surface area contributed by atoms with Gasteiger partial charge in [0.05, 0.1) is 13.2 Å². The summed E-state index contributed by atoms with van der Waals surface area (Å²) >= 11 is 5.91. The van der Waals surface area contributed by atoms with Gasteiger partial charge in [0.25, 0.3) is 0 Å². The van der Waals surface area contributed by atoms with Gasteiger partial charge in [0.15, 0.2) is 0 Å². The molecule has 0 saturated carbocycles. The van der Waals surface area contributed by atoms with Crippen LogP contribution in [0, 0.1) is 0 Å². The van der Waals surface area contributed by atoms with Crippen molar-refractivity contribution in [3.8, 4) is 0 Å². The zero-order chi connectivity index (χ0) is 15.8. The largest absolute Gasteiger partial charge is 0.378 e. The quantitative estimate of drug-likeness (QED) is 0.865. The lowest BCUT2D eigenvalue weighted by atomic mass is 10.1. The van der Waals surface area contributed by atoms with Crippen LogP contribution in [0.4, 0.5) is 0 Å². The minimum atomic E-state index is -0.0939. The predicted octanol–water partition coefficient (Wildman–Crippen LogP) is 1.64. The fourth-order valence-corrected chi connectivity index (χ4v) is 2.53. The molecular formula is C16H21ClN2O3. The molecule has 1 aromatic rings. The van der Waals surface area contributed by atoms with Gasteiger partial charge in [-0.15, -0.1) is 0 Å². The Morgan fingerprint density at radius 1 is 1.23 bits per heavy atom. The number of rotatable bonds is 6. The van der Waals surface area contributed by atoms with Crippen molar-refractivity contribution in [1.82, 2.24) is 10.2 Å². The van der Waals surface area contributed by atoms with Gasteiger partial charge in [-0.05, 0) is 24.1 Å². The summed E-state index contributed by atoms with van der Waals surface area (Å²) in [6.45, 7) is 2.95. The maximum Gasteiger partial charge on any atom is 0.223 e. The molecule has 0 spiro atoms. The van der Waals surface area contributed by atoms with Crippen molar-refractivity contribution >= 4 is 23.4 Å². The topological polar surface area (TPSA) is 58.6 Å². The highest BCUT2D eigenvalue weighted by atomic mass is 35.5. The second kappa shape index (κ2) is 8.76. The molecule has 0 bridgehead atoms. The summed E-state index contributed by atoms with van der Waals surface area (Å²) < 4.78 is 5.20. The van der Waals surface area contributed by atoms with Gasteiger partial charge in [-0.25, -0.2) is 0 Å². The van der Waals surface area contributed by atoms with E-state index in [1.165, 1.54) is 0 Å². The molecule has 1 aliphatic heterocycles. The van der Waals surface area contributed by atoms with E-state index >= 15 is 0 Å². The van der Waals surface area contributed by atoms with Gasteiger partial charge < -0.3 is 15.0 Å². The van der Waals surface area contributed by atoms with E-state index in [-0.39, 0.29) is 24.7 Å². The lowest BCUT2D eigenvalue weighted by Crippen LogP contribution is -2.41. The number of nitrogens with zero attached hydrogens (tertiary/aromatic N) is 1. The Hall–Kier alpha value is -1.59. The first-order valence-electron chi connectivity index (χ1n) is 7.52. The number of hydrogen-bond donors (Lipinski definition) is 1. The molecular weight excluding hydrogens is 304 g/mol. The van der Waals surface area contributed by atoms with E-state index in [0.717, 1.165) is 12.0 Å². The Morgan fingerprint density at radius 2 is 2.00 bits per heavy atom. The first-order valence-corrected chi connectivity index (χ1v) is 7.89. The Morgan fingerprint density at radius 3 is 2.73 bits per heavy atom. The zero-order valence-corrected chi connectivity index (χ0v) is 13.3. The van der Waals surface area contributed by atoms with Crippen LogP contribution in [-0.2, 0) is 20.7 Å². The second-order valence-corrected chi connectivity index (χ2v) is 5.66. The van der Waals surface area contributed by atoms with Crippen molar-refractivity contribution in [2.75, 3.05) is 32.8 Å². The molecule has 0 atom stereocenters. The Kier molecular flexibility index (Phi) is 6.68. The van der Waals surface area contributed by atoms with E-state index in [2.05, 4.69) is 5.32 Å². The maximum atomic E-state index is 11.9. The summed E-state index contributed by atoms with van der Waals surface area (Å²) in [5, 5.41) is 3.53. The first kappa shape index (κ1) is 16.8. The third-order valence-electron chi connectivity index (χ3n) is 3.55. The number of carbonyl (C=O) groups is 2. The number of halogens is 1. The number of carbonyl (C=O) groups excluding carboxylic acids is 2. The predicted molar refractivity (Wildman–Crippen MR) is 84.8 cm³/mol. The van der Waals surface area contributed by atoms with Gasteiger partial charge in [0.2, 0.25) is 11.8 Å². The number of hydrogen-bond acceptors (Lipinski definition) is 3. The second-order valence-electron chi connectivity index (χ2n) is 5.22. The van der Waals surface area contributed by atoms with Crippen LogP contribution in [0.5, 0.6) is 0 Å². The molecule has 6 heteroatoms. The lowest BCUT2D eigenvalue weighted by Gasteiger charge is -2.26. The van der Waals surface area contributed by atoms with Gasteiger partial charge in [0.1, 0.15) is 0 Å². The number of ether oxygens (including phenoxy) is 1. The van der Waals surface area contributed by atoms with Crippen molar-refractivity contribution in [2.45, 2.75) is 19.3 Å². The number of amides is 2. The van der Waals surface area contributed by atoms with Crippen molar-refractivity contribution in [3.05, 3.63) is 34.9 Å². The number of morpholine rings is 1. The van der Waals surface area contributed by atoms with Crippen LogP contribution < -0.4 is 5.32 Å². The first-order chi connectivity index (χ1) is 10.6. The van der Waals surface area contributed by atoms with E-state index in [0.29, 0.717) is 37.9 Å². The molecule has 0 aromatic heterocycles. The molecule has 0 unspecified atom stereocenters. The highest BCUT2D eigenvalue weighted by Crippen LogP contribution is 2.10. The zero-order valence-electron chi connectivity index (χ0n) is 12.5. The number of nitrogens with one attached hydrogen (secondary N) is 1. The summed E-state index contributed by atoms with van der Waals surface area (Å²) in [6, 6.07) is 7.57. The van der Waals surface area contributed by atoms with Gasteiger partial charge >= 0.3 is 0 Å². The van der Waals surface area contributed by atoms with E-state index in [1.54, 1.807) is 4.90 Å². The molecule has 1 heterocycles. The molecule has 120 valence electrons. The molecule has 1 aromatic carbocycles. The molecule has 0 aliphatic carbocycles. The molecule has 0 radical (unpaired) electrons. The van der Waals surface area contributed by atoms with Crippen LogP contribution in [0.15, 0.2) is 24.3 Å². The van der Waals surface area contributed by atoms with E-state index in [1.807, 2.05) is 24.3 Å². The van der Waals surface area contributed by atoms with Crippen molar-refractivity contribution in [1.29, 1.82) is 0 Å². The smallest absolute Gasteiger partial charge is 0.223 e. The van der Waals surface area contributed by atoms with Gasteiger partial charge in [-0.3, -0.25) is 9.59 Å². The molecule has 22 heavy (non-hydrogen) atoms. The highest BCUT2D eigenvalue weighted by Gasteiger charge is 2.17. The fraction of sp³-hybridized carbons (Fsp3) is 0.500. The maximum absolute atomic E-state index is 11.9. The highest BCUT2D eigenvalue weighted by molar-refractivity contribution is 6.30. The van der Waals surface area contributed by atoms with E-state index in [4.69, 9.17) is 16.3 Å². The average molecular weight is 325 g/mol. The minimum Gasteiger partial charge on any atom is -0.378 e. The van der Waals surface area contributed by atoms with Gasteiger partial charge in [0, 0.05) is 37.5 Å². The monoisotopic (exact) mass is 324 g/mol. The van der Waals surface area contributed by atoms with E-state index < -0.39 is 0 Å². The summed E-state index contributed by atoms with van der Waals surface area (Å²) in [4.78, 5) is 25.4. The Balaban J connectivity index is 1.62. The van der Waals surface area contributed by atoms with Crippen LogP contribution in [0.25, 0.3) is 0 Å². The van der Waals surface area contributed by atoms with Gasteiger partial charge in [-0.1, -0.05) is 23.7 Å². The summed E-state index contributed by atoms with van der Waals surface area (Å²) in [7, 11) is 0. The van der Waals surface area contributed by atoms with Crippen LogP contribution >= 0.6 is 11.6 Å². The molecule has 1 saturated heterocycles. The minimum absolute atomic E-state index is 0.0216. The molecule has 2 rings (SSSR count). The molecule has 1 fully saturated rings. The SMILES string of the molecule is O=C(CCC(=O)N1CCOCC1)NCCc1cccc(Cl)c1. The van der Waals surface area contributed by atoms with Crippen molar-refractivity contribution in [3.63, 3.8) is 0 Å². The van der Waals surface area contributed by atoms with Crippen LogP contribution in [0.2, 0.25) is 5.02 Å². The molecule has 5 nitrogen and oxygen atoms in total. The van der Waals surface area contributed by atoms with Crippen molar-refractivity contribution < 1.29 is 14.3 Å². The fourth-order valence-electron chi connectivity index (χ4n) is 2.32. The summed E-state index contributed by atoms with van der Waals surface area (Å²) in [5.41, 5.74) is 1.08. The normalized spacial score (nSPS) is 14.7. The van der Waals surface area contributed by atoms with Crippen LogP contribution in [0.1, 0.15) is 18.4 Å². The van der Waals surface area contributed by atoms with Crippen LogP contribution in [0.3, 0.4) is 0 Å². The molecule has 1 aliphatic rings. The molecule has 1 N–H and O–H groups in total. The van der Waals surface area contributed by atoms with E-state index in [9.17, 15) is 9.59 Å².